The van der Waals surface area contributed by atoms with Gasteiger partial charge in [0.2, 0.25) is 5.91 Å². The number of nitrogens with zero attached hydrogens (tertiary/aromatic N) is 2. The minimum atomic E-state index is -0.0528. The number of aromatic nitrogens is 2. The van der Waals surface area contributed by atoms with E-state index in [4.69, 9.17) is 0 Å². The standard InChI is InChI=1S/C19H19N3OS/c1-12-8-13(2)18(14(3)9-12)22-17(23)10-15-11-24-19(21-15)16-6-4-5-7-20-16/h4-9,11H,10H2,1-3H3,(H,22,23). The Morgan fingerprint density at radius 3 is 2.58 bits per heavy atom. The highest BCUT2D eigenvalue weighted by molar-refractivity contribution is 7.13. The summed E-state index contributed by atoms with van der Waals surface area (Å²) < 4.78 is 0. The molecule has 3 rings (SSSR count). The van der Waals surface area contributed by atoms with Crippen molar-refractivity contribution in [1.29, 1.82) is 0 Å². The molecule has 5 heteroatoms. The molecule has 2 heterocycles. The van der Waals surface area contributed by atoms with Crippen LogP contribution in [0, 0.1) is 20.8 Å². The van der Waals surface area contributed by atoms with Crippen LogP contribution >= 0.6 is 11.3 Å². The SMILES string of the molecule is Cc1cc(C)c(NC(=O)Cc2csc(-c3ccccn3)n2)c(C)c1. The molecule has 0 saturated carbocycles. The van der Waals surface area contributed by atoms with Crippen molar-refractivity contribution in [1.82, 2.24) is 9.97 Å². The number of carbonyl (C=O) groups is 1. The largest absolute Gasteiger partial charge is 0.325 e. The van der Waals surface area contributed by atoms with Gasteiger partial charge in [-0.1, -0.05) is 23.8 Å². The summed E-state index contributed by atoms with van der Waals surface area (Å²) in [5, 5.41) is 5.76. The lowest BCUT2D eigenvalue weighted by atomic mass is 10.0. The molecule has 0 aliphatic carbocycles. The molecule has 0 fully saturated rings. The van der Waals surface area contributed by atoms with E-state index in [1.54, 1.807) is 6.20 Å². The number of thiazole rings is 1. The number of amides is 1. The van der Waals surface area contributed by atoms with Crippen LogP contribution in [0.1, 0.15) is 22.4 Å². The van der Waals surface area contributed by atoms with Crippen LogP contribution in [-0.2, 0) is 11.2 Å². The fourth-order valence-electron chi connectivity index (χ4n) is 2.72. The van der Waals surface area contributed by atoms with Gasteiger partial charge in [0.25, 0.3) is 0 Å². The number of carbonyl (C=O) groups excluding carboxylic acids is 1. The van der Waals surface area contributed by atoms with Crippen molar-refractivity contribution in [3.63, 3.8) is 0 Å². The molecule has 4 nitrogen and oxygen atoms in total. The molecule has 24 heavy (non-hydrogen) atoms. The van der Waals surface area contributed by atoms with Crippen molar-refractivity contribution in [2.45, 2.75) is 27.2 Å². The molecule has 0 aliphatic heterocycles. The van der Waals surface area contributed by atoms with Crippen LogP contribution in [0.25, 0.3) is 10.7 Å². The van der Waals surface area contributed by atoms with Crippen molar-refractivity contribution in [2.75, 3.05) is 5.32 Å². The van der Waals surface area contributed by atoms with E-state index in [2.05, 4.69) is 34.3 Å². The molecule has 3 aromatic rings. The lowest BCUT2D eigenvalue weighted by Gasteiger charge is -2.12. The van der Waals surface area contributed by atoms with Crippen LogP contribution in [0.2, 0.25) is 0 Å². The summed E-state index contributed by atoms with van der Waals surface area (Å²) in [7, 11) is 0. The highest BCUT2D eigenvalue weighted by Gasteiger charge is 2.12. The third kappa shape index (κ3) is 3.68. The van der Waals surface area contributed by atoms with E-state index in [1.807, 2.05) is 37.4 Å². The summed E-state index contributed by atoms with van der Waals surface area (Å²) in [4.78, 5) is 21.2. The molecule has 1 N–H and O–H groups in total. The molecule has 0 bridgehead atoms. The van der Waals surface area contributed by atoms with Crippen LogP contribution in [0.4, 0.5) is 5.69 Å². The van der Waals surface area contributed by atoms with Gasteiger partial charge in [0.1, 0.15) is 5.01 Å². The fourth-order valence-corrected chi connectivity index (χ4v) is 3.52. The topological polar surface area (TPSA) is 54.9 Å². The second kappa shape index (κ2) is 6.93. The second-order valence-electron chi connectivity index (χ2n) is 5.86. The Labute approximate surface area is 145 Å². The van der Waals surface area contributed by atoms with E-state index in [0.29, 0.717) is 0 Å². The lowest BCUT2D eigenvalue weighted by Crippen LogP contribution is -2.16. The number of benzene rings is 1. The predicted octanol–water partition coefficient (Wildman–Crippen LogP) is 4.31. The molecule has 0 saturated heterocycles. The molecule has 1 amide bonds. The Morgan fingerprint density at radius 2 is 1.92 bits per heavy atom. The average molecular weight is 337 g/mol. The van der Waals surface area contributed by atoms with Gasteiger partial charge in [-0.2, -0.15) is 0 Å². The van der Waals surface area contributed by atoms with Gasteiger partial charge < -0.3 is 5.32 Å². The quantitative estimate of drug-likeness (QED) is 0.772. The maximum absolute atomic E-state index is 12.4. The molecular formula is C19H19N3OS. The van der Waals surface area contributed by atoms with E-state index in [0.717, 1.165) is 33.2 Å². The third-order valence-corrected chi connectivity index (χ3v) is 4.63. The second-order valence-corrected chi connectivity index (χ2v) is 6.72. The fraction of sp³-hybridized carbons (Fsp3) is 0.211. The number of hydrogen-bond donors (Lipinski definition) is 1. The highest BCUT2D eigenvalue weighted by atomic mass is 32.1. The first kappa shape index (κ1) is 16.3. The molecule has 122 valence electrons. The van der Waals surface area contributed by atoms with Crippen LogP contribution < -0.4 is 5.32 Å². The summed E-state index contributed by atoms with van der Waals surface area (Å²) in [6, 6.07) is 9.87. The zero-order valence-electron chi connectivity index (χ0n) is 14.0. The predicted molar refractivity (Wildman–Crippen MR) is 98.3 cm³/mol. The highest BCUT2D eigenvalue weighted by Crippen LogP contribution is 2.24. The first-order chi connectivity index (χ1) is 11.5. The van der Waals surface area contributed by atoms with E-state index in [1.165, 1.54) is 16.9 Å². The van der Waals surface area contributed by atoms with Crippen LogP contribution in [-0.4, -0.2) is 15.9 Å². The summed E-state index contributed by atoms with van der Waals surface area (Å²) >= 11 is 1.51. The van der Waals surface area contributed by atoms with Gasteiger partial charge in [0.05, 0.1) is 17.8 Å². The number of nitrogens with one attached hydrogen (secondary N) is 1. The van der Waals surface area contributed by atoms with Crippen molar-refractivity contribution in [3.8, 4) is 10.7 Å². The number of anilines is 1. The molecule has 0 atom stereocenters. The zero-order valence-corrected chi connectivity index (χ0v) is 14.8. The van der Waals surface area contributed by atoms with E-state index < -0.39 is 0 Å². The van der Waals surface area contributed by atoms with E-state index in [9.17, 15) is 4.79 Å². The lowest BCUT2D eigenvalue weighted by molar-refractivity contribution is -0.115. The first-order valence-electron chi connectivity index (χ1n) is 7.76. The van der Waals surface area contributed by atoms with E-state index >= 15 is 0 Å². The summed E-state index contributed by atoms with van der Waals surface area (Å²) in [5.41, 5.74) is 5.84. The maximum atomic E-state index is 12.4. The maximum Gasteiger partial charge on any atom is 0.230 e. The molecule has 0 radical (unpaired) electrons. The van der Waals surface area contributed by atoms with Gasteiger partial charge in [-0.3, -0.25) is 9.78 Å². The third-order valence-electron chi connectivity index (χ3n) is 3.72. The normalized spacial score (nSPS) is 10.6. The molecule has 0 aliphatic rings. The minimum absolute atomic E-state index is 0.0528. The number of rotatable bonds is 4. The Bertz CT molecular complexity index is 848. The van der Waals surface area contributed by atoms with Crippen LogP contribution in [0.5, 0.6) is 0 Å². The number of aryl methyl sites for hydroxylation is 3. The number of hydrogen-bond acceptors (Lipinski definition) is 4. The Morgan fingerprint density at radius 1 is 1.17 bits per heavy atom. The van der Waals surface area contributed by atoms with Gasteiger partial charge in [-0.05, 0) is 44.0 Å². The zero-order chi connectivity index (χ0) is 17.1. The Hall–Kier alpha value is -2.53. The molecule has 2 aromatic heterocycles. The Balaban J connectivity index is 1.71. The summed E-state index contributed by atoms with van der Waals surface area (Å²) in [6.45, 7) is 6.08. The first-order valence-corrected chi connectivity index (χ1v) is 8.64. The summed E-state index contributed by atoms with van der Waals surface area (Å²) in [5.74, 6) is -0.0528. The monoisotopic (exact) mass is 337 g/mol. The molecule has 0 unspecified atom stereocenters. The van der Waals surface area contributed by atoms with Crippen molar-refractivity contribution >= 4 is 22.9 Å². The van der Waals surface area contributed by atoms with Gasteiger partial charge in [0, 0.05) is 17.3 Å². The number of pyridine rings is 1. The summed E-state index contributed by atoms with van der Waals surface area (Å²) in [6.07, 6.45) is 2.00. The minimum Gasteiger partial charge on any atom is -0.325 e. The Kier molecular flexibility index (Phi) is 4.71. The molecule has 1 aromatic carbocycles. The van der Waals surface area contributed by atoms with Crippen LogP contribution in [0.15, 0.2) is 41.9 Å². The van der Waals surface area contributed by atoms with Crippen molar-refractivity contribution < 1.29 is 4.79 Å². The molecule has 0 spiro atoms. The van der Waals surface area contributed by atoms with Gasteiger partial charge in [-0.15, -0.1) is 11.3 Å². The van der Waals surface area contributed by atoms with Gasteiger partial charge in [-0.25, -0.2) is 4.98 Å². The van der Waals surface area contributed by atoms with Crippen molar-refractivity contribution in [2.24, 2.45) is 0 Å². The van der Waals surface area contributed by atoms with Crippen molar-refractivity contribution in [3.05, 3.63) is 64.3 Å². The van der Waals surface area contributed by atoms with Gasteiger partial charge in [0.15, 0.2) is 0 Å². The average Bonchev–Trinajstić information content (AvgIpc) is 3.00. The van der Waals surface area contributed by atoms with E-state index in [-0.39, 0.29) is 12.3 Å². The molecular weight excluding hydrogens is 318 g/mol. The van der Waals surface area contributed by atoms with Gasteiger partial charge >= 0.3 is 0 Å². The van der Waals surface area contributed by atoms with Crippen LogP contribution in [0.3, 0.4) is 0 Å². The smallest absolute Gasteiger partial charge is 0.230 e.